The SMILES string of the molecule is CC1=N[C@@H](C)C(C(C)C)=C2CN(C#N)CCN12. The molecule has 0 aromatic carbocycles. The molecular weight excluding hydrogens is 212 g/mol. The van der Waals surface area contributed by atoms with Crippen LogP contribution in [0.1, 0.15) is 27.7 Å². The molecule has 17 heavy (non-hydrogen) atoms. The Balaban J connectivity index is 2.39. The molecule has 0 radical (unpaired) electrons. The predicted octanol–water partition coefficient (Wildman–Crippen LogP) is 1.82. The lowest BCUT2D eigenvalue weighted by molar-refractivity contribution is 0.281. The van der Waals surface area contributed by atoms with E-state index in [1.807, 2.05) is 4.90 Å². The van der Waals surface area contributed by atoms with E-state index in [0.717, 1.165) is 25.5 Å². The summed E-state index contributed by atoms with van der Waals surface area (Å²) in [6, 6.07) is 0.250. The Labute approximate surface area is 103 Å². The van der Waals surface area contributed by atoms with Crippen LogP contribution in [0.15, 0.2) is 16.3 Å². The maximum absolute atomic E-state index is 9.04. The van der Waals surface area contributed by atoms with Crippen LogP contribution in [0.3, 0.4) is 0 Å². The zero-order valence-corrected chi connectivity index (χ0v) is 11.1. The highest BCUT2D eigenvalue weighted by Gasteiger charge is 2.31. The van der Waals surface area contributed by atoms with Gasteiger partial charge in [0, 0.05) is 18.8 Å². The second-order valence-corrected chi connectivity index (χ2v) is 5.08. The first-order chi connectivity index (χ1) is 8.04. The minimum absolute atomic E-state index is 0.250. The second kappa shape index (κ2) is 4.40. The Hall–Kier alpha value is -1.50. The Kier molecular flexibility index (Phi) is 3.10. The number of piperazine rings is 1. The van der Waals surface area contributed by atoms with Crippen molar-refractivity contribution in [2.45, 2.75) is 33.7 Å². The highest BCUT2D eigenvalue weighted by Crippen LogP contribution is 2.30. The molecule has 0 aromatic rings. The van der Waals surface area contributed by atoms with Gasteiger partial charge in [0.2, 0.25) is 0 Å². The van der Waals surface area contributed by atoms with Crippen molar-refractivity contribution >= 4 is 5.84 Å². The summed E-state index contributed by atoms with van der Waals surface area (Å²) < 4.78 is 0. The van der Waals surface area contributed by atoms with E-state index < -0.39 is 0 Å². The van der Waals surface area contributed by atoms with E-state index in [1.165, 1.54) is 11.3 Å². The average Bonchev–Trinajstić information content (AvgIpc) is 2.27. The summed E-state index contributed by atoms with van der Waals surface area (Å²) in [5.74, 6) is 1.58. The van der Waals surface area contributed by atoms with E-state index in [4.69, 9.17) is 10.3 Å². The van der Waals surface area contributed by atoms with Crippen molar-refractivity contribution in [3.05, 3.63) is 11.3 Å². The molecule has 2 aliphatic rings. The zero-order chi connectivity index (χ0) is 12.6. The molecular formula is C13H20N4. The van der Waals surface area contributed by atoms with E-state index in [9.17, 15) is 0 Å². The molecule has 0 amide bonds. The quantitative estimate of drug-likeness (QED) is 0.648. The third kappa shape index (κ3) is 2.02. The molecule has 1 saturated heterocycles. The first-order valence-electron chi connectivity index (χ1n) is 6.24. The van der Waals surface area contributed by atoms with Crippen LogP contribution in [0.25, 0.3) is 0 Å². The monoisotopic (exact) mass is 232 g/mol. The van der Waals surface area contributed by atoms with Crippen LogP contribution < -0.4 is 0 Å². The van der Waals surface area contributed by atoms with Crippen molar-refractivity contribution in [1.82, 2.24) is 9.80 Å². The maximum atomic E-state index is 9.04. The number of nitriles is 1. The number of fused-ring (bicyclic) bond motifs is 1. The fourth-order valence-electron chi connectivity index (χ4n) is 2.87. The van der Waals surface area contributed by atoms with E-state index in [-0.39, 0.29) is 6.04 Å². The van der Waals surface area contributed by atoms with Gasteiger partial charge >= 0.3 is 0 Å². The molecule has 1 fully saturated rings. The molecule has 2 aliphatic heterocycles. The lowest BCUT2D eigenvalue weighted by atomic mass is 9.91. The maximum Gasteiger partial charge on any atom is 0.179 e. The van der Waals surface area contributed by atoms with Gasteiger partial charge in [-0.3, -0.25) is 4.99 Å². The highest BCUT2D eigenvalue weighted by molar-refractivity contribution is 5.83. The van der Waals surface area contributed by atoms with E-state index >= 15 is 0 Å². The first kappa shape index (κ1) is 12.0. The van der Waals surface area contributed by atoms with Crippen molar-refractivity contribution in [3.63, 3.8) is 0 Å². The molecule has 0 bridgehead atoms. The minimum atomic E-state index is 0.250. The lowest BCUT2D eigenvalue weighted by Crippen LogP contribution is -2.48. The van der Waals surface area contributed by atoms with Crippen molar-refractivity contribution in [2.24, 2.45) is 10.9 Å². The van der Waals surface area contributed by atoms with Gasteiger partial charge in [-0.2, -0.15) is 5.26 Å². The van der Waals surface area contributed by atoms with Gasteiger partial charge in [-0.1, -0.05) is 13.8 Å². The molecule has 0 spiro atoms. The molecule has 2 heterocycles. The fraction of sp³-hybridized carbons (Fsp3) is 0.692. The van der Waals surface area contributed by atoms with E-state index in [0.29, 0.717) is 5.92 Å². The molecule has 0 unspecified atom stereocenters. The van der Waals surface area contributed by atoms with Gasteiger partial charge in [-0.25, -0.2) is 0 Å². The molecule has 2 rings (SSSR count). The number of aliphatic imine (C=N–C) groups is 1. The average molecular weight is 232 g/mol. The number of nitrogens with zero attached hydrogens (tertiary/aromatic N) is 4. The smallest absolute Gasteiger partial charge is 0.179 e. The number of hydrogen-bond donors (Lipinski definition) is 0. The van der Waals surface area contributed by atoms with Gasteiger partial charge < -0.3 is 9.80 Å². The molecule has 92 valence electrons. The summed E-state index contributed by atoms with van der Waals surface area (Å²) in [7, 11) is 0. The van der Waals surface area contributed by atoms with Gasteiger partial charge in [0.15, 0.2) is 6.19 Å². The van der Waals surface area contributed by atoms with Crippen LogP contribution in [-0.2, 0) is 0 Å². The topological polar surface area (TPSA) is 42.6 Å². The number of amidine groups is 1. The molecule has 0 saturated carbocycles. The summed E-state index contributed by atoms with van der Waals surface area (Å²) in [5.41, 5.74) is 2.68. The van der Waals surface area contributed by atoms with Gasteiger partial charge in [-0.15, -0.1) is 0 Å². The van der Waals surface area contributed by atoms with Crippen LogP contribution >= 0.6 is 0 Å². The fourth-order valence-corrected chi connectivity index (χ4v) is 2.87. The Bertz CT molecular complexity index is 414. The van der Waals surface area contributed by atoms with Crippen LogP contribution in [-0.4, -0.2) is 41.3 Å². The Morgan fingerprint density at radius 1 is 1.41 bits per heavy atom. The van der Waals surface area contributed by atoms with Gasteiger partial charge in [0.05, 0.1) is 12.6 Å². The van der Waals surface area contributed by atoms with Crippen molar-refractivity contribution in [1.29, 1.82) is 5.26 Å². The largest absolute Gasteiger partial charge is 0.330 e. The summed E-state index contributed by atoms with van der Waals surface area (Å²) in [4.78, 5) is 8.82. The van der Waals surface area contributed by atoms with E-state index in [2.05, 4.69) is 38.8 Å². The third-order valence-electron chi connectivity index (χ3n) is 3.58. The van der Waals surface area contributed by atoms with Crippen LogP contribution in [0.2, 0.25) is 0 Å². The van der Waals surface area contributed by atoms with Crippen molar-refractivity contribution in [3.8, 4) is 6.19 Å². The Morgan fingerprint density at radius 3 is 2.71 bits per heavy atom. The van der Waals surface area contributed by atoms with Crippen LogP contribution in [0.5, 0.6) is 0 Å². The first-order valence-corrected chi connectivity index (χ1v) is 6.24. The molecule has 4 nitrogen and oxygen atoms in total. The van der Waals surface area contributed by atoms with Crippen molar-refractivity contribution in [2.75, 3.05) is 19.6 Å². The molecule has 1 atom stereocenters. The van der Waals surface area contributed by atoms with Gasteiger partial charge in [0.25, 0.3) is 0 Å². The minimum Gasteiger partial charge on any atom is -0.330 e. The summed E-state index contributed by atoms with van der Waals surface area (Å²) in [5, 5.41) is 9.04. The molecule has 0 aromatic heterocycles. The van der Waals surface area contributed by atoms with Gasteiger partial charge in [-0.05, 0) is 25.3 Å². The highest BCUT2D eigenvalue weighted by atomic mass is 15.3. The van der Waals surface area contributed by atoms with Gasteiger partial charge in [0.1, 0.15) is 5.84 Å². The molecule has 0 N–H and O–H groups in total. The molecule has 0 aliphatic carbocycles. The van der Waals surface area contributed by atoms with Crippen LogP contribution in [0.4, 0.5) is 0 Å². The standard InChI is InChI=1S/C13H20N4/c1-9(2)13-10(3)15-11(4)17-6-5-16(8-14)7-12(13)17/h9-10H,5-7H2,1-4H3/t10-/m0/s1. The number of rotatable bonds is 1. The summed E-state index contributed by atoms with van der Waals surface area (Å²) >= 11 is 0. The Morgan fingerprint density at radius 2 is 2.12 bits per heavy atom. The second-order valence-electron chi connectivity index (χ2n) is 5.08. The van der Waals surface area contributed by atoms with Crippen LogP contribution in [0, 0.1) is 17.4 Å². The third-order valence-corrected chi connectivity index (χ3v) is 3.58. The summed E-state index contributed by atoms with van der Waals surface area (Å²) in [6.07, 6.45) is 2.26. The predicted molar refractivity (Wildman–Crippen MR) is 68.3 cm³/mol. The number of hydrogen-bond acceptors (Lipinski definition) is 4. The van der Waals surface area contributed by atoms with E-state index in [1.54, 1.807) is 0 Å². The normalized spacial score (nSPS) is 24.7. The summed E-state index contributed by atoms with van der Waals surface area (Å²) in [6.45, 7) is 11.0. The lowest BCUT2D eigenvalue weighted by Gasteiger charge is -2.41. The zero-order valence-electron chi connectivity index (χ0n) is 11.1. The van der Waals surface area contributed by atoms with Crippen molar-refractivity contribution < 1.29 is 0 Å². The molecule has 4 heteroatoms.